The van der Waals surface area contributed by atoms with E-state index in [1.807, 2.05) is 37.3 Å². The summed E-state index contributed by atoms with van der Waals surface area (Å²) >= 11 is 0. The fourth-order valence-electron chi connectivity index (χ4n) is 2.34. The van der Waals surface area contributed by atoms with Crippen molar-refractivity contribution in [3.8, 4) is 5.75 Å². The van der Waals surface area contributed by atoms with Gasteiger partial charge >= 0.3 is 0 Å². The van der Waals surface area contributed by atoms with Gasteiger partial charge in [0.1, 0.15) is 5.75 Å². The molecule has 0 aliphatic rings. The van der Waals surface area contributed by atoms with E-state index in [1.165, 1.54) is 11.1 Å². The lowest BCUT2D eigenvalue weighted by atomic mass is 10.1. The highest BCUT2D eigenvalue weighted by molar-refractivity contribution is 5.80. The number of phenols is 1. The van der Waals surface area contributed by atoms with Crippen molar-refractivity contribution >= 4 is 10.9 Å². The lowest BCUT2D eigenvalue weighted by Crippen LogP contribution is -2.12. The van der Waals surface area contributed by atoms with Crippen LogP contribution in [0.15, 0.2) is 48.5 Å². The summed E-state index contributed by atoms with van der Waals surface area (Å²) in [7, 11) is 0. The highest BCUT2D eigenvalue weighted by Crippen LogP contribution is 2.18. The van der Waals surface area contributed by atoms with Crippen LogP contribution in [0.25, 0.3) is 10.9 Å². The van der Waals surface area contributed by atoms with Gasteiger partial charge < -0.3 is 15.4 Å². The first-order chi connectivity index (χ1) is 9.72. The smallest absolute Gasteiger partial charge is 0.118 e. The van der Waals surface area contributed by atoms with Crippen LogP contribution in [0, 0.1) is 6.92 Å². The molecular formula is C17H18N2O. The van der Waals surface area contributed by atoms with Crippen LogP contribution in [0.3, 0.4) is 0 Å². The Morgan fingerprint density at radius 3 is 2.70 bits per heavy atom. The lowest BCUT2D eigenvalue weighted by molar-refractivity contribution is 0.470. The normalized spacial score (nSPS) is 11.1. The van der Waals surface area contributed by atoms with Gasteiger partial charge in [-0.2, -0.15) is 0 Å². The van der Waals surface area contributed by atoms with E-state index >= 15 is 0 Å². The molecule has 0 atom stereocenters. The van der Waals surface area contributed by atoms with E-state index in [9.17, 15) is 5.11 Å². The Balaban J connectivity index is 1.63. The number of hydrogen-bond acceptors (Lipinski definition) is 2. The van der Waals surface area contributed by atoms with Crippen molar-refractivity contribution in [2.75, 3.05) is 0 Å². The Labute approximate surface area is 118 Å². The number of para-hydroxylation sites is 1. The minimum atomic E-state index is 0.356. The molecule has 20 heavy (non-hydrogen) atoms. The molecule has 0 saturated carbocycles. The Bertz CT molecular complexity index is 698. The number of hydrogen-bond donors (Lipinski definition) is 3. The molecule has 3 heteroatoms. The van der Waals surface area contributed by atoms with Crippen molar-refractivity contribution in [2.24, 2.45) is 0 Å². The monoisotopic (exact) mass is 266 g/mol. The van der Waals surface area contributed by atoms with E-state index in [0.717, 1.165) is 29.7 Å². The minimum absolute atomic E-state index is 0.356. The molecule has 0 spiro atoms. The number of nitrogens with one attached hydrogen (secondary N) is 2. The second kappa shape index (κ2) is 5.39. The molecule has 0 saturated heterocycles. The number of aromatic hydroxyl groups is 1. The molecular weight excluding hydrogens is 248 g/mol. The third-order valence-electron chi connectivity index (χ3n) is 3.50. The Kier molecular flexibility index (Phi) is 3.44. The van der Waals surface area contributed by atoms with Crippen LogP contribution in [0.2, 0.25) is 0 Å². The largest absolute Gasteiger partial charge is 0.508 e. The Hall–Kier alpha value is -2.26. The van der Waals surface area contributed by atoms with Gasteiger partial charge in [-0.05, 0) is 41.6 Å². The van der Waals surface area contributed by atoms with E-state index in [2.05, 4.69) is 28.5 Å². The van der Waals surface area contributed by atoms with Crippen molar-refractivity contribution in [3.63, 3.8) is 0 Å². The number of fused-ring (bicyclic) bond motifs is 1. The molecule has 2 aromatic carbocycles. The van der Waals surface area contributed by atoms with Crippen molar-refractivity contribution in [1.29, 1.82) is 0 Å². The molecule has 0 aliphatic carbocycles. The van der Waals surface area contributed by atoms with Crippen molar-refractivity contribution in [1.82, 2.24) is 10.3 Å². The van der Waals surface area contributed by atoms with E-state index in [-0.39, 0.29) is 0 Å². The summed E-state index contributed by atoms with van der Waals surface area (Å²) < 4.78 is 0. The van der Waals surface area contributed by atoms with Crippen molar-refractivity contribution < 1.29 is 5.11 Å². The van der Waals surface area contributed by atoms with E-state index < -0.39 is 0 Å². The first kappa shape index (κ1) is 12.8. The summed E-state index contributed by atoms with van der Waals surface area (Å²) in [5.41, 5.74) is 4.33. The number of phenolic OH excluding ortho intramolecular Hbond substituents is 1. The summed E-state index contributed by atoms with van der Waals surface area (Å²) in [6.07, 6.45) is 0. The summed E-state index contributed by atoms with van der Waals surface area (Å²) in [5, 5.41) is 14.3. The molecule has 1 heterocycles. The van der Waals surface area contributed by atoms with Crippen LogP contribution < -0.4 is 5.32 Å². The topological polar surface area (TPSA) is 48.0 Å². The van der Waals surface area contributed by atoms with Crippen LogP contribution in [0.5, 0.6) is 5.75 Å². The standard InChI is InChI=1S/C17H18N2O/c1-12-6-7-13(8-17(12)20)10-18-11-15-9-14-4-2-3-5-16(14)19-15/h2-9,18-20H,10-11H2,1H3. The molecule has 0 amide bonds. The van der Waals surface area contributed by atoms with E-state index in [0.29, 0.717) is 5.75 Å². The molecule has 0 radical (unpaired) electrons. The van der Waals surface area contributed by atoms with Gasteiger partial charge in [0, 0.05) is 24.3 Å². The molecule has 1 aromatic heterocycles. The maximum atomic E-state index is 9.68. The van der Waals surface area contributed by atoms with Gasteiger partial charge in [0.2, 0.25) is 0 Å². The summed E-state index contributed by atoms with van der Waals surface area (Å²) in [5.74, 6) is 0.356. The van der Waals surface area contributed by atoms with Crippen LogP contribution in [0.4, 0.5) is 0 Å². The van der Waals surface area contributed by atoms with Gasteiger partial charge in [-0.1, -0.05) is 30.3 Å². The predicted molar refractivity (Wildman–Crippen MR) is 81.7 cm³/mol. The van der Waals surface area contributed by atoms with Gasteiger partial charge in [-0.3, -0.25) is 0 Å². The maximum Gasteiger partial charge on any atom is 0.118 e. The quantitative estimate of drug-likeness (QED) is 0.677. The molecule has 0 bridgehead atoms. The fraction of sp³-hybridized carbons (Fsp3) is 0.176. The molecule has 0 aliphatic heterocycles. The first-order valence-electron chi connectivity index (χ1n) is 6.78. The lowest BCUT2D eigenvalue weighted by Gasteiger charge is -2.05. The van der Waals surface area contributed by atoms with Gasteiger partial charge in [0.15, 0.2) is 0 Å². The number of rotatable bonds is 4. The third kappa shape index (κ3) is 2.68. The zero-order valence-electron chi connectivity index (χ0n) is 11.5. The molecule has 3 N–H and O–H groups in total. The zero-order valence-corrected chi connectivity index (χ0v) is 11.5. The van der Waals surface area contributed by atoms with Gasteiger partial charge in [-0.15, -0.1) is 0 Å². The molecule has 3 nitrogen and oxygen atoms in total. The van der Waals surface area contributed by atoms with E-state index in [1.54, 1.807) is 0 Å². The van der Waals surface area contributed by atoms with Crippen molar-refractivity contribution in [3.05, 3.63) is 65.4 Å². The third-order valence-corrected chi connectivity index (χ3v) is 3.50. The van der Waals surface area contributed by atoms with Crippen LogP contribution >= 0.6 is 0 Å². The highest BCUT2D eigenvalue weighted by Gasteiger charge is 2.01. The second-order valence-corrected chi connectivity index (χ2v) is 5.11. The Morgan fingerprint density at radius 2 is 1.90 bits per heavy atom. The molecule has 0 fully saturated rings. The van der Waals surface area contributed by atoms with Gasteiger partial charge in [0.05, 0.1) is 0 Å². The minimum Gasteiger partial charge on any atom is -0.508 e. The maximum absolute atomic E-state index is 9.68. The molecule has 102 valence electrons. The summed E-state index contributed by atoms with van der Waals surface area (Å²) in [4.78, 5) is 3.39. The van der Waals surface area contributed by atoms with E-state index in [4.69, 9.17) is 0 Å². The van der Waals surface area contributed by atoms with Crippen LogP contribution in [-0.2, 0) is 13.1 Å². The second-order valence-electron chi connectivity index (χ2n) is 5.11. The van der Waals surface area contributed by atoms with Crippen LogP contribution in [-0.4, -0.2) is 10.1 Å². The van der Waals surface area contributed by atoms with Crippen LogP contribution in [0.1, 0.15) is 16.8 Å². The molecule has 3 rings (SSSR count). The van der Waals surface area contributed by atoms with Gasteiger partial charge in [0.25, 0.3) is 0 Å². The SMILES string of the molecule is Cc1ccc(CNCc2cc3ccccc3[nH]2)cc1O. The number of benzene rings is 2. The number of aromatic nitrogens is 1. The summed E-state index contributed by atoms with van der Waals surface area (Å²) in [6.45, 7) is 3.42. The number of H-pyrrole nitrogens is 1. The molecule has 3 aromatic rings. The summed E-state index contributed by atoms with van der Waals surface area (Å²) in [6, 6.07) is 16.2. The average molecular weight is 266 g/mol. The number of aromatic amines is 1. The Morgan fingerprint density at radius 1 is 1.05 bits per heavy atom. The first-order valence-corrected chi connectivity index (χ1v) is 6.78. The zero-order chi connectivity index (χ0) is 13.9. The predicted octanol–water partition coefficient (Wildman–Crippen LogP) is 3.47. The highest BCUT2D eigenvalue weighted by atomic mass is 16.3. The van der Waals surface area contributed by atoms with Crippen molar-refractivity contribution in [2.45, 2.75) is 20.0 Å². The number of aryl methyl sites for hydroxylation is 1. The molecule has 0 unspecified atom stereocenters. The average Bonchev–Trinajstić information content (AvgIpc) is 2.85. The fourth-order valence-corrected chi connectivity index (χ4v) is 2.34. The van der Waals surface area contributed by atoms with Gasteiger partial charge in [-0.25, -0.2) is 0 Å².